The normalized spacial score (nSPS) is 17.8. The number of nitrogens with zero attached hydrogens (tertiary/aromatic N) is 1. The largest absolute Gasteiger partial charge is 0.492 e. The van der Waals surface area contributed by atoms with E-state index in [1.807, 2.05) is 24.3 Å². The Morgan fingerprint density at radius 3 is 2.64 bits per heavy atom. The van der Waals surface area contributed by atoms with Crippen molar-refractivity contribution in [1.82, 2.24) is 9.88 Å². The number of nitrogens with one attached hydrogen (secondary N) is 1. The average Bonchev–Trinajstić information content (AvgIpc) is 2.65. The molecule has 0 saturated carbocycles. The molecule has 28 heavy (non-hydrogen) atoms. The van der Waals surface area contributed by atoms with E-state index in [4.69, 9.17) is 4.74 Å². The summed E-state index contributed by atoms with van der Waals surface area (Å²) in [6.45, 7) is 6.95. The summed E-state index contributed by atoms with van der Waals surface area (Å²) in [5.41, 5.74) is 4.55. The van der Waals surface area contributed by atoms with Gasteiger partial charge < -0.3 is 14.6 Å². The van der Waals surface area contributed by atoms with E-state index in [-0.39, 0.29) is 5.56 Å². The topological polar surface area (TPSA) is 45.3 Å². The molecule has 2 heterocycles. The van der Waals surface area contributed by atoms with Crippen LogP contribution in [0.2, 0.25) is 0 Å². The highest BCUT2D eigenvalue weighted by Gasteiger charge is 2.21. The Bertz CT molecular complexity index is 1030. The number of aromatic nitrogens is 1. The van der Waals surface area contributed by atoms with Gasteiger partial charge in [-0.15, -0.1) is 0 Å². The van der Waals surface area contributed by atoms with Gasteiger partial charge >= 0.3 is 0 Å². The van der Waals surface area contributed by atoms with Crippen molar-refractivity contribution >= 4 is 10.9 Å². The smallest absolute Gasteiger partial charge is 0.260 e. The van der Waals surface area contributed by atoms with Gasteiger partial charge in [-0.25, -0.2) is 0 Å². The van der Waals surface area contributed by atoms with E-state index >= 15 is 0 Å². The molecule has 0 amide bonds. The Balaban J connectivity index is 1.80. The molecule has 1 aliphatic heterocycles. The first-order valence-electron chi connectivity index (χ1n) is 10.1. The van der Waals surface area contributed by atoms with Crippen LogP contribution in [0, 0.1) is 19.8 Å². The van der Waals surface area contributed by atoms with Crippen LogP contribution in [0.3, 0.4) is 0 Å². The molecule has 1 fully saturated rings. The van der Waals surface area contributed by atoms with E-state index in [0.717, 1.165) is 40.7 Å². The number of aryl methyl sites for hydroxylation is 2. The minimum atomic E-state index is -0.0977. The van der Waals surface area contributed by atoms with Gasteiger partial charge in [-0.1, -0.05) is 41.5 Å². The zero-order chi connectivity index (χ0) is 19.7. The molecule has 0 bridgehead atoms. The quantitative estimate of drug-likeness (QED) is 0.727. The van der Waals surface area contributed by atoms with Crippen LogP contribution in [0.1, 0.15) is 24.0 Å². The number of aromatic amines is 1. The van der Waals surface area contributed by atoms with E-state index in [1.54, 1.807) is 0 Å². The lowest BCUT2D eigenvalue weighted by atomic mass is 9.98. The Morgan fingerprint density at radius 1 is 1.14 bits per heavy atom. The van der Waals surface area contributed by atoms with Crippen molar-refractivity contribution in [3.05, 3.63) is 63.9 Å². The fourth-order valence-corrected chi connectivity index (χ4v) is 4.35. The van der Waals surface area contributed by atoms with E-state index in [9.17, 15) is 4.79 Å². The fraction of sp³-hybridized carbons (Fsp3) is 0.375. The molecule has 1 unspecified atom stereocenters. The van der Waals surface area contributed by atoms with Crippen molar-refractivity contribution in [2.45, 2.75) is 26.7 Å². The van der Waals surface area contributed by atoms with E-state index in [2.05, 4.69) is 49.0 Å². The Morgan fingerprint density at radius 2 is 1.89 bits per heavy atom. The second kappa shape index (κ2) is 7.80. The van der Waals surface area contributed by atoms with Gasteiger partial charge in [0.25, 0.3) is 5.56 Å². The number of benzene rings is 2. The molecule has 4 rings (SSSR count). The predicted molar refractivity (Wildman–Crippen MR) is 115 cm³/mol. The Hall–Kier alpha value is -2.59. The zero-order valence-electron chi connectivity index (χ0n) is 16.9. The third-order valence-electron chi connectivity index (χ3n) is 5.57. The van der Waals surface area contributed by atoms with Crippen molar-refractivity contribution in [2.24, 2.45) is 5.92 Å². The molecule has 1 saturated heterocycles. The van der Waals surface area contributed by atoms with Gasteiger partial charge in [0.1, 0.15) is 5.75 Å². The molecule has 4 heteroatoms. The molecule has 1 atom stereocenters. The molecule has 3 aromatic rings. The third kappa shape index (κ3) is 3.83. The molecule has 2 aromatic carbocycles. The van der Waals surface area contributed by atoms with E-state index in [1.165, 1.54) is 12.8 Å². The number of H-pyrrole nitrogens is 1. The molecule has 4 nitrogen and oxygen atoms in total. The summed E-state index contributed by atoms with van der Waals surface area (Å²) in [5.74, 6) is 1.20. The van der Waals surface area contributed by atoms with Gasteiger partial charge in [0, 0.05) is 17.8 Å². The lowest BCUT2D eigenvalue weighted by Gasteiger charge is -2.29. The van der Waals surface area contributed by atoms with Gasteiger partial charge in [-0.2, -0.15) is 0 Å². The molecule has 0 radical (unpaired) electrons. The van der Waals surface area contributed by atoms with Gasteiger partial charge in [-0.05, 0) is 58.0 Å². The maximum Gasteiger partial charge on any atom is 0.260 e. The summed E-state index contributed by atoms with van der Waals surface area (Å²) in [6, 6.07) is 14.1. The minimum absolute atomic E-state index is 0.0977. The maximum atomic E-state index is 13.0. The number of hydrogen-bond acceptors (Lipinski definition) is 3. The number of rotatable bonds is 4. The molecule has 1 aliphatic rings. The standard InChI is InChI=1S/C24H28N2O2/c1-16-11-17(2)13-19(12-16)22-23(28-15-18-7-6-10-26(3)14-18)20-8-4-5-9-21(20)25-24(22)27/h4-5,8-9,11-13,18H,6-7,10,14-15H2,1-3H3,(H,25,27). The molecule has 0 aliphatic carbocycles. The first-order chi connectivity index (χ1) is 13.5. The van der Waals surface area contributed by atoms with Crippen molar-refractivity contribution < 1.29 is 4.74 Å². The van der Waals surface area contributed by atoms with Gasteiger partial charge in [0.2, 0.25) is 0 Å². The molecular weight excluding hydrogens is 348 g/mol. The maximum absolute atomic E-state index is 13.0. The van der Waals surface area contributed by atoms with Crippen LogP contribution in [0.15, 0.2) is 47.3 Å². The summed E-state index contributed by atoms with van der Waals surface area (Å²) >= 11 is 0. The minimum Gasteiger partial charge on any atom is -0.492 e. The van der Waals surface area contributed by atoms with Crippen molar-refractivity contribution in [3.63, 3.8) is 0 Å². The molecular formula is C24H28N2O2. The second-order valence-electron chi connectivity index (χ2n) is 8.16. The Labute approximate surface area is 166 Å². The number of fused-ring (bicyclic) bond motifs is 1. The fourth-order valence-electron chi connectivity index (χ4n) is 4.35. The monoisotopic (exact) mass is 376 g/mol. The first kappa shape index (κ1) is 18.8. The van der Waals surface area contributed by atoms with Crippen molar-refractivity contribution in [1.29, 1.82) is 0 Å². The van der Waals surface area contributed by atoms with E-state index in [0.29, 0.717) is 23.8 Å². The van der Waals surface area contributed by atoms with Crippen molar-refractivity contribution in [2.75, 3.05) is 26.7 Å². The van der Waals surface area contributed by atoms with Crippen LogP contribution in [-0.4, -0.2) is 36.6 Å². The summed E-state index contributed by atoms with van der Waals surface area (Å²) in [6.07, 6.45) is 2.37. The lowest BCUT2D eigenvalue weighted by molar-refractivity contribution is 0.151. The lowest BCUT2D eigenvalue weighted by Crippen LogP contribution is -2.35. The Kier molecular flexibility index (Phi) is 5.23. The number of piperidine rings is 1. The zero-order valence-corrected chi connectivity index (χ0v) is 16.9. The van der Waals surface area contributed by atoms with Crippen LogP contribution in [0.5, 0.6) is 5.75 Å². The summed E-state index contributed by atoms with van der Waals surface area (Å²) in [4.78, 5) is 18.4. The second-order valence-corrected chi connectivity index (χ2v) is 8.16. The number of likely N-dealkylation sites (tertiary alicyclic amines) is 1. The first-order valence-corrected chi connectivity index (χ1v) is 10.1. The highest BCUT2D eigenvalue weighted by atomic mass is 16.5. The highest BCUT2D eigenvalue weighted by Crippen LogP contribution is 2.34. The SMILES string of the molecule is Cc1cc(C)cc(-c2c(OCC3CCCN(C)C3)c3ccccc3[nH]c2=O)c1. The molecule has 0 spiro atoms. The number of pyridine rings is 1. The molecule has 1 N–H and O–H groups in total. The summed E-state index contributed by atoms with van der Waals surface area (Å²) in [7, 11) is 2.16. The average molecular weight is 376 g/mol. The van der Waals surface area contributed by atoms with Crippen LogP contribution >= 0.6 is 0 Å². The van der Waals surface area contributed by atoms with Crippen molar-refractivity contribution in [3.8, 4) is 16.9 Å². The number of hydrogen-bond donors (Lipinski definition) is 1. The van der Waals surface area contributed by atoms with Gasteiger partial charge in [-0.3, -0.25) is 4.79 Å². The van der Waals surface area contributed by atoms with Crippen LogP contribution < -0.4 is 10.3 Å². The summed E-state index contributed by atoms with van der Waals surface area (Å²) < 4.78 is 6.41. The van der Waals surface area contributed by atoms with Gasteiger partial charge in [0.05, 0.1) is 17.7 Å². The molecule has 1 aromatic heterocycles. The van der Waals surface area contributed by atoms with Gasteiger partial charge in [0.15, 0.2) is 0 Å². The number of ether oxygens (including phenoxy) is 1. The predicted octanol–water partition coefficient (Wildman–Crippen LogP) is 4.53. The van der Waals surface area contributed by atoms with Crippen LogP contribution in [0.4, 0.5) is 0 Å². The number of para-hydroxylation sites is 1. The van der Waals surface area contributed by atoms with Crippen LogP contribution in [0.25, 0.3) is 22.0 Å². The highest BCUT2D eigenvalue weighted by molar-refractivity contribution is 5.92. The van der Waals surface area contributed by atoms with Crippen LogP contribution in [-0.2, 0) is 0 Å². The summed E-state index contributed by atoms with van der Waals surface area (Å²) in [5, 5.41) is 0.959. The third-order valence-corrected chi connectivity index (χ3v) is 5.57. The van der Waals surface area contributed by atoms with E-state index < -0.39 is 0 Å². The molecule has 146 valence electrons.